The van der Waals surface area contributed by atoms with Gasteiger partial charge in [0.1, 0.15) is 5.75 Å². The lowest BCUT2D eigenvalue weighted by Gasteiger charge is -2.37. The maximum Gasteiger partial charge on any atom is 0.271 e. The third kappa shape index (κ3) is 2.08. The molecule has 0 spiro atoms. The van der Waals surface area contributed by atoms with Crippen LogP contribution >= 0.6 is 0 Å². The van der Waals surface area contributed by atoms with Crippen LogP contribution in [0, 0.1) is 0 Å². The van der Waals surface area contributed by atoms with E-state index in [0.717, 1.165) is 17.1 Å². The molecule has 1 aliphatic heterocycles. The highest BCUT2D eigenvalue weighted by atomic mass is 16.7. The van der Waals surface area contributed by atoms with E-state index in [0.29, 0.717) is 5.75 Å². The molecule has 0 fully saturated rings. The molecule has 0 bridgehead atoms. The molecule has 2 aromatic rings. The molecule has 20 heavy (non-hydrogen) atoms. The van der Waals surface area contributed by atoms with E-state index in [1.165, 1.54) is 0 Å². The zero-order valence-electron chi connectivity index (χ0n) is 11.5. The smallest absolute Gasteiger partial charge is 0.271 e. The van der Waals surface area contributed by atoms with Crippen molar-refractivity contribution >= 4 is 0 Å². The molecular weight excluding hydrogens is 256 g/mol. The van der Waals surface area contributed by atoms with Gasteiger partial charge in [0.05, 0.1) is 7.11 Å². The Labute approximate surface area is 117 Å². The molecule has 0 aromatic heterocycles. The topological polar surface area (TPSA) is 36.9 Å². The number of methoxy groups -OCH3 is 2. The van der Waals surface area contributed by atoms with Crippen molar-refractivity contribution in [2.24, 2.45) is 0 Å². The highest BCUT2D eigenvalue weighted by Gasteiger charge is 2.40. The molecule has 0 saturated carbocycles. The summed E-state index contributed by atoms with van der Waals surface area (Å²) < 4.78 is 22.7. The van der Waals surface area contributed by atoms with Crippen molar-refractivity contribution in [2.45, 2.75) is 5.79 Å². The quantitative estimate of drug-likeness (QED) is 0.860. The Morgan fingerprint density at radius 1 is 1.00 bits per heavy atom. The molecule has 4 heteroatoms. The molecule has 3 rings (SSSR count). The van der Waals surface area contributed by atoms with Gasteiger partial charge in [-0.15, -0.1) is 0 Å². The fraction of sp³-hybridized carbons (Fsp3) is 0.250. The van der Waals surface area contributed by atoms with Crippen LogP contribution in [0.4, 0.5) is 0 Å². The van der Waals surface area contributed by atoms with Crippen LogP contribution in [-0.4, -0.2) is 20.8 Å². The van der Waals surface area contributed by atoms with Gasteiger partial charge >= 0.3 is 0 Å². The lowest BCUT2D eigenvalue weighted by atomic mass is 10.0. The van der Waals surface area contributed by atoms with E-state index in [4.69, 9.17) is 18.9 Å². The largest absolute Gasteiger partial charge is 0.497 e. The number of para-hydroxylation sites is 2. The number of fused-ring (bicyclic) bond motifs is 1. The Hall–Kier alpha value is -2.20. The lowest BCUT2D eigenvalue weighted by Crippen LogP contribution is -2.43. The number of rotatable bonds is 3. The molecule has 0 saturated heterocycles. The van der Waals surface area contributed by atoms with Gasteiger partial charge in [0, 0.05) is 12.7 Å². The maximum absolute atomic E-state index is 6.05. The van der Waals surface area contributed by atoms with Crippen molar-refractivity contribution in [3.63, 3.8) is 0 Å². The average molecular weight is 272 g/mol. The van der Waals surface area contributed by atoms with Crippen LogP contribution in [-0.2, 0) is 10.5 Å². The van der Waals surface area contributed by atoms with E-state index in [1.807, 2.05) is 48.5 Å². The third-order valence-corrected chi connectivity index (χ3v) is 3.38. The summed E-state index contributed by atoms with van der Waals surface area (Å²) in [6.45, 7) is 0.285. The summed E-state index contributed by atoms with van der Waals surface area (Å²) in [6, 6.07) is 15.2. The maximum atomic E-state index is 6.05. The minimum Gasteiger partial charge on any atom is -0.497 e. The minimum atomic E-state index is -0.955. The molecule has 0 aliphatic carbocycles. The van der Waals surface area contributed by atoms with E-state index >= 15 is 0 Å². The molecule has 1 heterocycles. The summed E-state index contributed by atoms with van der Waals surface area (Å²) >= 11 is 0. The first kappa shape index (κ1) is 12.8. The molecule has 4 nitrogen and oxygen atoms in total. The van der Waals surface area contributed by atoms with Crippen LogP contribution in [0.25, 0.3) is 0 Å². The van der Waals surface area contributed by atoms with Crippen LogP contribution in [0.2, 0.25) is 0 Å². The van der Waals surface area contributed by atoms with Crippen molar-refractivity contribution in [2.75, 3.05) is 20.8 Å². The van der Waals surface area contributed by atoms with Crippen molar-refractivity contribution in [1.82, 2.24) is 0 Å². The van der Waals surface area contributed by atoms with Crippen LogP contribution in [0.5, 0.6) is 17.2 Å². The lowest BCUT2D eigenvalue weighted by molar-refractivity contribution is -0.204. The second kappa shape index (κ2) is 5.06. The summed E-state index contributed by atoms with van der Waals surface area (Å²) in [7, 11) is 3.24. The minimum absolute atomic E-state index is 0.285. The van der Waals surface area contributed by atoms with E-state index in [2.05, 4.69) is 0 Å². The van der Waals surface area contributed by atoms with Gasteiger partial charge in [-0.2, -0.15) is 0 Å². The van der Waals surface area contributed by atoms with Crippen LogP contribution in [0.3, 0.4) is 0 Å². The number of ether oxygens (including phenoxy) is 4. The van der Waals surface area contributed by atoms with Gasteiger partial charge in [0.15, 0.2) is 18.1 Å². The van der Waals surface area contributed by atoms with Crippen LogP contribution in [0.1, 0.15) is 5.56 Å². The monoisotopic (exact) mass is 272 g/mol. The Balaban J connectivity index is 2.01. The van der Waals surface area contributed by atoms with Gasteiger partial charge in [-0.1, -0.05) is 24.3 Å². The zero-order valence-corrected chi connectivity index (χ0v) is 11.5. The summed E-state index contributed by atoms with van der Waals surface area (Å²) in [5.74, 6) is 1.19. The van der Waals surface area contributed by atoms with Gasteiger partial charge < -0.3 is 18.9 Å². The summed E-state index contributed by atoms with van der Waals surface area (Å²) in [5, 5.41) is 0. The van der Waals surface area contributed by atoms with Crippen molar-refractivity contribution in [3.8, 4) is 17.2 Å². The summed E-state index contributed by atoms with van der Waals surface area (Å²) in [4.78, 5) is 0. The summed E-state index contributed by atoms with van der Waals surface area (Å²) in [5.41, 5.74) is 0.855. The SMILES string of the molecule is COc1cccc(C2(OC)COc3ccccc3O2)c1. The van der Waals surface area contributed by atoms with E-state index < -0.39 is 5.79 Å². The van der Waals surface area contributed by atoms with Crippen LogP contribution in [0.15, 0.2) is 48.5 Å². The molecule has 2 aromatic carbocycles. The molecule has 1 unspecified atom stereocenters. The molecule has 0 radical (unpaired) electrons. The molecule has 1 aliphatic rings. The fourth-order valence-corrected chi connectivity index (χ4v) is 2.25. The normalized spacial score (nSPS) is 20.5. The van der Waals surface area contributed by atoms with Gasteiger partial charge in [-0.25, -0.2) is 0 Å². The van der Waals surface area contributed by atoms with Gasteiger partial charge in [-0.3, -0.25) is 0 Å². The standard InChI is InChI=1S/C16H16O4/c1-17-13-7-5-6-12(10-13)16(18-2)11-19-14-8-3-4-9-15(14)20-16/h3-10H,11H2,1-2H3. The predicted octanol–water partition coefficient (Wildman–Crippen LogP) is 2.97. The second-order valence-corrected chi connectivity index (χ2v) is 4.53. The average Bonchev–Trinajstić information content (AvgIpc) is 2.54. The van der Waals surface area contributed by atoms with E-state index in [-0.39, 0.29) is 6.61 Å². The number of hydrogen-bond acceptors (Lipinski definition) is 4. The predicted molar refractivity (Wildman–Crippen MR) is 74.2 cm³/mol. The Bertz CT molecular complexity index is 611. The molecule has 0 N–H and O–H groups in total. The highest BCUT2D eigenvalue weighted by Crippen LogP contribution is 2.40. The zero-order chi connectivity index (χ0) is 14.0. The van der Waals surface area contributed by atoms with Crippen molar-refractivity contribution in [1.29, 1.82) is 0 Å². The first-order chi connectivity index (χ1) is 9.77. The Morgan fingerprint density at radius 2 is 1.80 bits per heavy atom. The molecule has 1 atom stereocenters. The molecular formula is C16H16O4. The number of benzene rings is 2. The van der Waals surface area contributed by atoms with Gasteiger partial charge in [0.2, 0.25) is 0 Å². The van der Waals surface area contributed by atoms with Gasteiger partial charge in [0.25, 0.3) is 5.79 Å². The van der Waals surface area contributed by atoms with E-state index in [9.17, 15) is 0 Å². The van der Waals surface area contributed by atoms with Crippen molar-refractivity contribution < 1.29 is 18.9 Å². The van der Waals surface area contributed by atoms with Crippen LogP contribution < -0.4 is 14.2 Å². The van der Waals surface area contributed by atoms with Gasteiger partial charge in [-0.05, 0) is 24.3 Å². The first-order valence-corrected chi connectivity index (χ1v) is 6.38. The highest BCUT2D eigenvalue weighted by molar-refractivity contribution is 5.43. The Morgan fingerprint density at radius 3 is 2.55 bits per heavy atom. The third-order valence-electron chi connectivity index (χ3n) is 3.38. The first-order valence-electron chi connectivity index (χ1n) is 6.38. The summed E-state index contributed by atoms with van der Waals surface area (Å²) in [6.07, 6.45) is 0. The molecule has 104 valence electrons. The fourth-order valence-electron chi connectivity index (χ4n) is 2.25. The second-order valence-electron chi connectivity index (χ2n) is 4.53. The molecule has 0 amide bonds. The Kier molecular flexibility index (Phi) is 3.24. The van der Waals surface area contributed by atoms with E-state index in [1.54, 1.807) is 14.2 Å². The number of hydrogen-bond donors (Lipinski definition) is 0. The van der Waals surface area contributed by atoms with Crippen molar-refractivity contribution in [3.05, 3.63) is 54.1 Å².